The van der Waals surface area contributed by atoms with Gasteiger partial charge >= 0.3 is 0 Å². The van der Waals surface area contributed by atoms with Crippen LogP contribution < -0.4 is 20.2 Å². The number of H-pyrrole nitrogens is 1. The summed E-state index contributed by atoms with van der Waals surface area (Å²) in [4.78, 5) is 30.5. The zero-order valence-corrected chi connectivity index (χ0v) is 22.4. The van der Waals surface area contributed by atoms with E-state index in [2.05, 4.69) is 20.5 Å². The van der Waals surface area contributed by atoms with Crippen LogP contribution in [0.1, 0.15) is 52.7 Å². The van der Waals surface area contributed by atoms with Gasteiger partial charge in [-0.05, 0) is 42.3 Å². The molecule has 12 nitrogen and oxygen atoms in total. The second-order valence-electron chi connectivity index (χ2n) is 8.97. The molecule has 210 valence electrons. The number of nitrogens with one attached hydrogen (secondary N) is 2. The molecule has 4 rings (SSSR count). The molecule has 0 bridgehead atoms. The van der Waals surface area contributed by atoms with Crippen LogP contribution >= 0.6 is 0 Å². The van der Waals surface area contributed by atoms with E-state index in [9.17, 15) is 19.8 Å². The van der Waals surface area contributed by atoms with Gasteiger partial charge in [0.1, 0.15) is 24.2 Å². The van der Waals surface area contributed by atoms with Gasteiger partial charge in [0.05, 0.1) is 20.1 Å². The lowest BCUT2D eigenvalue weighted by molar-refractivity contribution is -0.122. The summed E-state index contributed by atoms with van der Waals surface area (Å²) in [5, 5.41) is 30.7. The third kappa shape index (κ3) is 6.24. The van der Waals surface area contributed by atoms with Crippen LogP contribution in [-0.4, -0.2) is 52.6 Å². The Labute approximate surface area is 229 Å². The van der Waals surface area contributed by atoms with Crippen molar-refractivity contribution in [1.82, 2.24) is 20.5 Å². The van der Waals surface area contributed by atoms with Crippen LogP contribution in [-0.2, 0) is 16.1 Å². The summed E-state index contributed by atoms with van der Waals surface area (Å²) in [7, 11) is 4.47. The largest absolute Gasteiger partial charge is 0.504 e. The SMILES string of the molecule is COCc1nc([C@@H](NC(=O)C[C@@H](c2ccc(O)c(OC)c2)c2oc(C)cc(=O)c2O)c2ccc(OC)cc2)n[nH]1. The molecule has 4 aromatic rings. The summed E-state index contributed by atoms with van der Waals surface area (Å²) in [6, 6.07) is 11.9. The van der Waals surface area contributed by atoms with E-state index in [0.717, 1.165) is 6.07 Å². The predicted octanol–water partition coefficient (Wildman–Crippen LogP) is 3.07. The molecule has 0 saturated carbocycles. The molecule has 1 amide bonds. The quantitative estimate of drug-likeness (QED) is 0.218. The first-order chi connectivity index (χ1) is 19.2. The topological polar surface area (TPSA) is 169 Å². The van der Waals surface area contributed by atoms with Crippen LogP contribution in [0.15, 0.2) is 57.7 Å². The first-order valence-electron chi connectivity index (χ1n) is 12.3. The molecule has 2 aromatic heterocycles. The Balaban J connectivity index is 1.72. The number of carbonyl (C=O) groups is 1. The maximum absolute atomic E-state index is 13.6. The van der Waals surface area contributed by atoms with Crippen molar-refractivity contribution in [3.05, 3.63) is 93.1 Å². The zero-order chi connectivity index (χ0) is 28.8. The molecular weight excluding hydrogens is 520 g/mol. The number of hydrogen-bond donors (Lipinski definition) is 4. The molecule has 2 heterocycles. The number of benzene rings is 2. The fourth-order valence-electron chi connectivity index (χ4n) is 4.27. The van der Waals surface area contributed by atoms with Gasteiger partial charge in [-0.3, -0.25) is 14.7 Å². The van der Waals surface area contributed by atoms with Gasteiger partial charge in [-0.2, -0.15) is 5.10 Å². The lowest BCUT2D eigenvalue weighted by Crippen LogP contribution is -2.31. The number of amides is 1. The molecule has 0 aliphatic heterocycles. The first kappa shape index (κ1) is 28.2. The van der Waals surface area contributed by atoms with Gasteiger partial charge in [-0.15, -0.1) is 0 Å². The third-order valence-corrected chi connectivity index (χ3v) is 6.23. The van der Waals surface area contributed by atoms with Gasteiger partial charge in [0.2, 0.25) is 17.1 Å². The van der Waals surface area contributed by atoms with Crippen molar-refractivity contribution in [2.45, 2.75) is 31.9 Å². The second-order valence-corrected chi connectivity index (χ2v) is 8.97. The maximum atomic E-state index is 13.6. The van der Waals surface area contributed by atoms with E-state index in [1.807, 2.05) is 0 Å². The van der Waals surface area contributed by atoms with Crippen LogP contribution in [0.4, 0.5) is 0 Å². The lowest BCUT2D eigenvalue weighted by atomic mass is 9.91. The number of carbonyl (C=O) groups excluding carboxylic acids is 1. The average molecular weight is 551 g/mol. The van der Waals surface area contributed by atoms with E-state index in [1.165, 1.54) is 26.4 Å². The van der Waals surface area contributed by atoms with Crippen molar-refractivity contribution in [3.63, 3.8) is 0 Å². The molecule has 2 atom stereocenters. The molecular formula is C28H30N4O8. The number of aryl methyl sites for hydroxylation is 1. The van der Waals surface area contributed by atoms with Crippen molar-refractivity contribution in [2.75, 3.05) is 21.3 Å². The fourth-order valence-corrected chi connectivity index (χ4v) is 4.27. The monoisotopic (exact) mass is 550 g/mol. The molecule has 12 heteroatoms. The normalized spacial score (nSPS) is 12.5. The standard InChI is InChI=1S/C28H30N4O8/c1-15-11-21(34)26(36)27(40-15)19(17-7-10-20(33)22(12-17)39-4)13-24(35)30-25(16-5-8-18(38-3)9-6-16)28-29-23(14-37-2)31-32-28/h5-12,19,25,33,36H,13-14H2,1-4H3,(H,30,35)(H,29,31,32)/t19-,25-/m0/s1. The van der Waals surface area contributed by atoms with Gasteiger partial charge in [0.15, 0.2) is 28.9 Å². The Bertz CT molecular complexity index is 1530. The Hall–Kier alpha value is -4.84. The number of nitrogens with zero attached hydrogens (tertiary/aromatic N) is 2. The molecule has 0 saturated heterocycles. The van der Waals surface area contributed by atoms with Crippen molar-refractivity contribution in [1.29, 1.82) is 0 Å². The van der Waals surface area contributed by atoms with Crippen LogP contribution in [0, 0.1) is 6.92 Å². The predicted molar refractivity (Wildman–Crippen MR) is 143 cm³/mol. The summed E-state index contributed by atoms with van der Waals surface area (Å²) >= 11 is 0. The molecule has 0 fully saturated rings. The minimum absolute atomic E-state index is 0.0887. The van der Waals surface area contributed by atoms with E-state index in [-0.39, 0.29) is 36.0 Å². The number of aromatic nitrogens is 3. The number of aromatic amines is 1. The molecule has 40 heavy (non-hydrogen) atoms. The van der Waals surface area contributed by atoms with Gasteiger partial charge in [0.25, 0.3) is 0 Å². The van der Waals surface area contributed by atoms with E-state index < -0.39 is 29.0 Å². The van der Waals surface area contributed by atoms with Crippen LogP contribution in [0.3, 0.4) is 0 Å². The molecule has 0 radical (unpaired) electrons. The molecule has 0 unspecified atom stereocenters. The van der Waals surface area contributed by atoms with E-state index in [1.54, 1.807) is 44.4 Å². The minimum atomic E-state index is -0.908. The van der Waals surface area contributed by atoms with Gasteiger partial charge in [0, 0.05) is 19.6 Å². The van der Waals surface area contributed by atoms with Crippen LogP contribution in [0.5, 0.6) is 23.0 Å². The number of phenols is 1. The lowest BCUT2D eigenvalue weighted by Gasteiger charge is -2.21. The van der Waals surface area contributed by atoms with Gasteiger partial charge in [-0.25, -0.2) is 4.98 Å². The summed E-state index contributed by atoms with van der Waals surface area (Å²) in [5.41, 5.74) is 0.512. The van der Waals surface area contributed by atoms with Crippen molar-refractivity contribution >= 4 is 5.91 Å². The number of ether oxygens (including phenoxy) is 3. The highest BCUT2D eigenvalue weighted by Gasteiger charge is 2.29. The van der Waals surface area contributed by atoms with Crippen molar-refractivity contribution in [3.8, 4) is 23.0 Å². The summed E-state index contributed by atoms with van der Waals surface area (Å²) in [5.74, 6) is -0.347. The number of phenolic OH excluding ortho intramolecular Hbond substituents is 1. The van der Waals surface area contributed by atoms with Gasteiger partial charge in [-0.1, -0.05) is 18.2 Å². The highest BCUT2D eigenvalue weighted by molar-refractivity contribution is 5.78. The summed E-state index contributed by atoms with van der Waals surface area (Å²) in [6.45, 7) is 1.77. The first-order valence-corrected chi connectivity index (χ1v) is 12.3. The maximum Gasteiger partial charge on any atom is 0.227 e. The molecule has 2 aromatic carbocycles. The number of rotatable bonds is 11. The van der Waals surface area contributed by atoms with Gasteiger partial charge < -0.3 is 34.2 Å². The molecule has 0 aliphatic carbocycles. The van der Waals surface area contributed by atoms with E-state index in [4.69, 9.17) is 18.6 Å². The highest BCUT2D eigenvalue weighted by atomic mass is 16.5. The van der Waals surface area contributed by atoms with E-state index >= 15 is 0 Å². The van der Waals surface area contributed by atoms with E-state index in [0.29, 0.717) is 28.5 Å². The minimum Gasteiger partial charge on any atom is -0.504 e. The molecule has 0 spiro atoms. The Morgan fingerprint density at radius 2 is 1.77 bits per heavy atom. The summed E-state index contributed by atoms with van der Waals surface area (Å²) in [6.07, 6.45) is -0.240. The third-order valence-electron chi connectivity index (χ3n) is 6.23. The van der Waals surface area contributed by atoms with Crippen molar-refractivity contribution < 1.29 is 33.6 Å². The Morgan fingerprint density at radius 3 is 2.45 bits per heavy atom. The Kier molecular flexibility index (Phi) is 8.70. The molecule has 4 N–H and O–H groups in total. The van der Waals surface area contributed by atoms with Crippen LogP contribution in [0.25, 0.3) is 0 Å². The Morgan fingerprint density at radius 1 is 1.05 bits per heavy atom. The summed E-state index contributed by atoms with van der Waals surface area (Å²) < 4.78 is 21.4. The second kappa shape index (κ2) is 12.3. The number of methoxy groups -OCH3 is 3. The zero-order valence-electron chi connectivity index (χ0n) is 22.4. The van der Waals surface area contributed by atoms with Crippen LogP contribution in [0.2, 0.25) is 0 Å². The molecule has 0 aliphatic rings. The fraction of sp³-hybridized carbons (Fsp3) is 0.286. The number of aromatic hydroxyl groups is 2. The number of hydrogen-bond acceptors (Lipinski definition) is 10. The average Bonchev–Trinajstić information content (AvgIpc) is 3.41. The smallest absolute Gasteiger partial charge is 0.227 e. The highest BCUT2D eigenvalue weighted by Crippen LogP contribution is 2.37. The van der Waals surface area contributed by atoms with Crippen molar-refractivity contribution in [2.24, 2.45) is 0 Å².